The van der Waals surface area contributed by atoms with Crippen LogP contribution in [0.25, 0.3) is 0 Å². The Labute approximate surface area is 120 Å². The molecule has 94 valence electrons. The second kappa shape index (κ2) is 5.95. The van der Waals surface area contributed by atoms with E-state index < -0.39 is 0 Å². The van der Waals surface area contributed by atoms with Crippen LogP contribution in [0.2, 0.25) is 0 Å². The van der Waals surface area contributed by atoms with Crippen LogP contribution in [-0.2, 0) is 6.61 Å². The molecule has 0 aliphatic carbocycles. The van der Waals surface area contributed by atoms with E-state index in [0.717, 1.165) is 14.9 Å². The largest absolute Gasteiger partial charge is 0.497 e. The molecule has 0 aliphatic rings. The number of hydrogen-bond donors (Lipinski definition) is 1. The Bertz CT molecular complexity index is 543. The first-order valence-electron chi connectivity index (χ1n) is 5.50. The molecule has 0 saturated heterocycles. The number of nitrogen functional groups attached to an aromatic ring is 1. The molecule has 0 saturated carbocycles. The van der Waals surface area contributed by atoms with Crippen LogP contribution >= 0.6 is 22.6 Å². The number of nitrogens with two attached hydrogens (primary N) is 1. The summed E-state index contributed by atoms with van der Waals surface area (Å²) < 4.78 is 12.0. The summed E-state index contributed by atoms with van der Waals surface area (Å²) in [5, 5.41) is 0. The molecule has 0 amide bonds. The first-order valence-corrected chi connectivity index (χ1v) is 6.57. The second-order valence-corrected chi connectivity index (χ2v) is 5.07. The summed E-state index contributed by atoms with van der Waals surface area (Å²) >= 11 is 2.22. The highest BCUT2D eigenvalue weighted by Gasteiger charge is 2.02. The van der Waals surface area contributed by atoms with E-state index in [2.05, 4.69) is 22.6 Å². The topological polar surface area (TPSA) is 44.5 Å². The maximum atomic E-state index is 5.89. The molecule has 2 N–H and O–H groups in total. The molecule has 2 aromatic carbocycles. The predicted molar refractivity (Wildman–Crippen MR) is 80.9 cm³/mol. The van der Waals surface area contributed by atoms with Crippen LogP contribution in [0.4, 0.5) is 5.69 Å². The summed E-state index contributed by atoms with van der Waals surface area (Å²) in [5.41, 5.74) is 7.59. The minimum atomic E-state index is 0.474. The fourth-order valence-corrected chi connectivity index (χ4v) is 2.09. The Hall–Kier alpha value is -1.43. The van der Waals surface area contributed by atoms with E-state index in [1.165, 1.54) is 0 Å². The zero-order chi connectivity index (χ0) is 13.0. The summed E-state index contributed by atoms with van der Waals surface area (Å²) in [7, 11) is 1.65. The molecule has 0 fully saturated rings. The van der Waals surface area contributed by atoms with Crippen LogP contribution in [0.5, 0.6) is 11.5 Å². The van der Waals surface area contributed by atoms with Crippen LogP contribution in [0.3, 0.4) is 0 Å². The average molecular weight is 355 g/mol. The van der Waals surface area contributed by atoms with Gasteiger partial charge >= 0.3 is 0 Å². The molecule has 2 aromatic rings. The molecule has 0 aromatic heterocycles. The summed E-state index contributed by atoms with van der Waals surface area (Å²) in [5.74, 6) is 1.53. The lowest BCUT2D eigenvalue weighted by Gasteiger charge is -2.10. The van der Waals surface area contributed by atoms with Crippen molar-refractivity contribution < 1.29 is 9.47 Å². The van der Waals surface area contributed by atoms with Crippen LogP contribution in [0, 0.1) is 3.57 Å². The summed E-state index contributed by atoms with van der Waals surface area (Å²) in [6, 6.07) is 13.5. The normalized spacial score (nSPS) is 10.1. The highest BCUT2D eigenvalue weighted by Crippen LogP contribution is 2.24. The molecular formula is C14H14INO2. The van der Waals surface area contributed by atoms with Crippen molar-refractivity contribution in [1.29, 1.82) is 0 Å². The monoisotopic (exact) mass is 355 g/mol. The van der Waals surface area contributed by atoms with Gasteiger partial charge < -0.3 is 15.2 Å². The molecule has 0 radical (unpaired) electrons. The number of halogens is 1. The maximum absolute atomic E-state index is 5.89. The molecular weight excluding hydrogens is 341 g/mol. The molecule has 0 aliphatic heterocycles. The van der Waals surface area contributed by atoms with Gasteiger partial charge in [0.25, 0.3) is 0 Å². The molecule has 0 unspecified atom stereocenters. The molecule has 0 heterocycles. The first-order chi connectivity index (χ1) is 8.69. The van der Waals surface area contributed by atoms with E-state index in [-0.39, 0.29) is 0 Å². The van der Waals surface area contributed by atoms with E-state index in [9.17, 15) is 0 Å². The molecule has 0 bridgehead atoms. The Morgan fingerprint density at radius 2 is 2.00 bits per heavy atom. The number of hydrogen-bond acceptors (Lipinski definition) is 3. The molecule has 18 heavy (non-hydrogen) atoms. The summed E-state index contributed by atoms with van der Waals surface area (Å²) in [4.78, 5) is 0. The quantitative estimate of drug-likeness (QED) is 0.675. The average Bonchev–Trinajstić information content (AvgIpc) is 2.38. The van der Waals surface area contributed by atoms with Crippen molar-refractivity contribution in [3.63, 3.8) is 0 Å². The maximum Gasteiger partial charge on any atom is 0.142 e. The fourth-order valence-electron chi connectivity index (χ4n) is 1.57. The smallest absolute Gasteiger partial charge is 0.142 e. The number of anilines is 1. The van der Waals surface area contributed by atoms with Crippen molar-refractivity contribution in [2.45, 2.75) is 6.61 Å². The van der Waals surface area contributed by atoms with Crippen molar-refractivity contribution >= 4 is 28.3 Å². The van der Waals surface area contributed by atoms with Gasteiger partial charge in [0, 0.05) is 3.57 Å². The third kappa shape index (κ3) is 3.29. The second-order valence-electron chi connectivity index (χ2n) is 3.82. The molecule has 0 atom stereocenters. The van der Waals surface area contributed by atoms with E-state index in [1.54, 1.807) is 7.11 Å². The Balaban J connectivity index is 2.06. The van der Waals surface area contributed by atoms with E-state index in [1.807, 2.05) is 42.5 Å². The van der Waals surface area contributed by atoms with Gasteiger partial charge in [0.05, 0.1) is 12.8 Å². The third-order valence-corrected chi connectivity index (χ3v) is 3.17. The van der Waals surface area contributed by atoms with Crippen molar-refractivity contribution in [3.8, 4) is 11.5 Å². The van der Waals surface area contributed by atoms with E-state index in [4.69, 9.17) is 15.2 Å². The highest BCUT2D eigenvalue weighted by atomic mass is 127. The van der Waals surface area contributed by atoms with Gasteiger partial charge in [-0.25, -0.2) is 0 Å². The predicted octanol–water partition coefficient (Wildman–Crippen LogP) is 3.46. The molecule has 0 spiro atoms. The van der Waals surface area contributed by atoms with Gasteiger partial charge in [0.1, 0.15) is 18.1 Å². The lowest BCUT2D eigenvalue weighted by Crippen LogP contribution is -1.99. The van der Waals surface area contributed by atoms with Gasteiger partial charge in [0.2, 0.25) is 0 Å². The minimum absolute atomic E-state index is 0.474. The highest BCUT2D eigenvalue weighted by molar-refractivity contribution is 14.1. The molecule has 2 rings (SSSR count). The molecule has 3 nitrogen and oxygen atoms in total. The van der Waals surface area contributed by atoms with Crippen molar-refractivity contribution in [2.24, 2.45) is 0 Å². The zero-order valence-electron chi connectivity index (χ0n) is 10.0. The van der Waals surface area contributed by atoms with Crippen LogP contribution < -0.4 is 15.2 Å². The van der Waals surface area contributed by atoms with Gasteiger partial charge in [-0.3, -0.25) is 0 Å². The van der Waals surface area contributed by atoms with Crippen LogP contribution in [0.15, 0.2) is 42.5 Å². The van der Waals surface area contributed by atoms with Crippen LogP contribution in [-0.4, -0.2) is 7.11 Å². The number of ether oxygens (including phenoxy) is 2. The molecule has 4 heteroatoms. The number of benzene rings is 2. The van der Waals surface area contributed by atoms with E-state index >= 15 is 0 Å². The van der Waals surface area contributed by atoms with Gasteiger partial charge in [-0.1, -0.05) is 12.1 Å². The lowest BCUT2D eigenvalue weighted by molar-refractivity contribution is 0.307. The van der Waals surface area contributed by atoms with Gasteiger partial charge in [-0.2, -0.15) is 0 Å². The number of rotatable bonds is 4. The standard InChI is InChI=1S/C14H14INO2/c1-17-12-4-2-3-10(7-12)9-18-14-6-5-11(15)8-13(14)16/h2-8H,9,16H2,1H3. The first kappa shape index (κ1) is 13.0. The van der Waals surface area contributed by atoms with E-state index in [0.29, 0.717) is 18.0 Å². The van der Waals surface area contributed by atoms with Gasteiger partial charge in [0.15, 0.2) is 0 Å². The van der Waals surface area contributed by atoms with Crippen molar-refractivity contribution in [1.82, 2.24) is 0 Å². The minimum Gasteiger partial charge on any atom is -0.497 e. The van der Waals surface area contributed by atoms with Crippen molar-refractivity contribution in [3.05, 3.63) is 51.6 Å². The van der Waals surface area contributed by atoms with Gasteiger partial charge in [-0.05, 0) is 58.5 Å². The SMILES string of the molecule is COc1cccc(COc2ccc(I)cc2N)c1. The Morgan fingerprint density at radius 1 is 1.17 bits per heavy atom. The van der Waals surface area contributed by atoms with Crippen molar-refractivity contribution in [2.75, 3.05) is 12.8 Å². The number of methoxy groups -OCH3 is 1. The van der Waals surface area contributed by atoms with Gasteiger partial charge in [-0.15, -0.1) is 0 Å². The summed E-state index contributed by atoms with van der Waals surface area (Å²) in [6.45, 7) is 0.474. The third-order valence-electron chi connectivity index (χ3n) is 2.50. The Morgan fingerprint density at radius 3 is 2.72 bits per heavy atom. The Kier molecular flexibility index (Phi) is 4.30. The summed E-state index contributed by atoms with van der Waals surface area (Å²) in [6.07, 6.45) is 0. The lowest BCUT2D eigenvalue weighted by atomic mass is 10.2. The van der Waals surface area contributed by atoms with Crippen LogP contribution in [0.1, 0.15) is 5.56 Å². The fraction of sp³-hybridized carbons (Fsp3) is 0.143. The zero-order valence-corrected chi connectivity index (χ0v) is 12.2.